The third kappa shape index (κ3) is 2.18. The Morgan fingerprint density at radius 2 is 1.90 bits per heavy atom. The van der Waals surface area contributed by atoms with E-state index in [9.17, 15) is 18.0 Å². The zero-order valence-corrected chi connectivity index (χ0v) is 10.8. The van der Waals surface area contributed by atoms with Crippen LogP contribution in [0.1, 0.15) is 23.2 Å². The lowest BCUT2D eigenvalue weighted by Crippen LogP contribution is -2.48. The Hall–Kier alpha value is -1.56. The van der Waals surface area contributed by atoms with Crippen LogP contribution in [0.4, 0.5) is 13.2 Å². The van der Waals surface area contributed by atoms with Crippen molar-refractivity contribution in [3.05, 3.63) is 35.1 Å². The molecule has 0 aromatic heterocycles. The monoisotopic (exact) mass is 284 g/mol. The molecule has 3 nitrogen and oxygen atoms in total. The van der Waals surface area contributed by atoms with Crippen molar-refractivity contribution in [1.29, 1.82) is 0 Å². The van der Waals surface area contributed by atoms with Gasteiger partial charge in [-0.2, -0.15) is 0 Å². The van der Waals surface area contributed by atoms with Gasteiger partial charge in [-0.1, -0.05) is 0 Å². The number of carbonyl (C=O) groups is 1. The number of carbonyl (C=O) groups excluding carboxylic acids is 1. The lowest BCUT2D eigenvalue weighted by Gasteiger charge is -2.37. The summed E-state index contributed by atoms with van der Waals surface area (Å²) in [6.07, 6.45) is 1.92. The maximum Gasteiger partial charge on any atom is 0.254 e. The van der Waals surface area contributed by atoms with E-state index in [1.54, 1.807) is 4.90 Å². The molecule has 2 aliphatic rings. The molecule has 0 saturated carbocycles. The molecule has 1 N–H and O–H groups in total. The Morgan fingerprint density at radius 3 is 2.60 bits per heavy atom. The average molecular weight is 284 g/mol. The molecule has 6 heteroatoms. The molecular formula is C14H15F3N2O. The lowest BCUT2D eigenvalue weighted by atomic mass is 9.91. The first kappa shape index (κ1) is 13.4. The molecule has 0 radical (unpaired) electrons. The third-order valence-corrected chi connectivity index (χ3v) is 4.17. The number of hydrogen-bond acceptors (Lipinski definition) is 2. The number of rotatable bonds is 1. The number of hydrogen-bond donors (Lipinski definition) is 1. The fourth-order valence-electron chi connectivity index (χ4n) is 3.17. The van der Waals surface area contributed by atoms with Crippen molar-refractivity contribution < 1.29 is 18.0 Å². The van der Waals surface area contributed by atoms with Crippen molar-refractivity contribution in [2.75, 3.05) is 19.6 Å². The van der Waals surface area contributed by atoms with Crippen molar-refractivity contribution in [3.8, 4) is 0 Å². The minimum Gasteiger partial charge on any atom is -0.334 e. The number of amides is 1. The van der Waals surface area contributed by atoms with Crippen molar-refractivity contribution in [2.45, 2.75) is 18.9 Å². The maximum absolute atomic E-state index is 13.2. The molecule has 0 bridgehead atoms. The van der Waals surface area contributed by atoms with Crippen LogP contribution in [0.2, 0.25) is 0 Å². The first-order chi connectivity index (χ1) is 9.58. The summed E-state index contributed by atoms with van der Waals surface area (Å²) >= 11 is 0. The highest BCUT2D eigenvalue weighted by Gasteiger charge is 2.37. The van der Waals surface area contributed by atoms with Gasteiger partial charge in [0.15, 0.2) is 17.5 Å². The summed E-state index contributed by atoms with van der Waals surface area (Å²) in [5.41, 5.74) is -0.131. The summed E-state index contributed by atoms with van der Waals surface area (Å²) in [5.74, 6) is -4.23. The van der Waals surface area contributed by atoms with Crippen molar-refractivity contribution in [3.63, 3.8) is 0 Å². The highest BCUT2D eigenvalue weighted by atomic mass is 19.2. The van der Waals surface area contributed by atoms with Crippen molar-refractivity contribution in [2.24, 2.45) is 5.92 Å². The topological polar surface area (TPSA) is 32.3 Å². The normalized spacial score (nSPS) is 25.6. The quantitative estimate of drug-likeness (QED) is 0.799. The van der Waals surface area contributed by atoms with Crippen LogP contribution in [-0.2, 0) is 0 Å². The number of piperidine rings is 1. The first-order valence-electron chi connectivity index (χ1n) is 6.74. The summed E-state index contributed by atoms with van der Waals surface area (Å²) in [4.78, 5) is 14.1. The van der Waals surface area contributed by atoms with E-state index in [4.69, 9.17) is 0 Å². The van der Waals surface area contributed by atoms with Crippen LogP contribution in [0.25, 0.3) is 0 Å². The Balaban J connectivity index is 1.88. The maximum atomic E-state index is 13.2. The molecule has 1 aromatic carbocycles. The Morgan fingerprint density at radius 1 is 1.20 bits per heavy atom. The van der Waals surface area contributed by atoms with Gasteiger partial charge in [0.1, 0.15) is 0 Å². The van der Waals surface area contributed by atoms with E-state index < -0.39 is 23.4 Å². The number of fused-ring (bicyclic) bond motifs is 1. The van der Waals surface area contributed by atoms with Crippen LogP contribution in [-0.4, -0.2) is 36.5 Å². The second-order valence-corrected chi connectivity index (χ2v) is 5.38. The van der Waals surface area contributed by atoms with E-state index in [-0.39, 0.29) is 11.6 Å². The SMILES string of the molecule is O=C(c1cc(F)c(F)c(F)c1)N1CCCC2CNCC21. The van der Waals surface area contributed by atoms with Gasteiger partial charge in [-0.3, -0.25) is 4.79 Å². The molecule has 1 amide bonds. The molecule has 2 aliphatic heterocycles. The average Bonchev–Trinajstić information content (AvgIpc) is 2.91. The predicted molar refractivity (Wildman–Crippen MR) is 66.7 cm³/mol. The lowest BCUT2D eigenvalue weighted by molar-refractivity contribution is 0.0573. The van der Waals surface area contributed by atoms with E-state index in [1.165, 1.54) is 0 Å². The van der Waals surface area contributed by atoms with Crippen LogP contribution in [0.15, 0.2) is 12.1 Å². The number of likely N-dealkylation sites (tertiary alicyclic amines) is 1. The molecular weight excluding hydrogens is 269 g/mol. The van der Waals surface area contributed by atoms with Gasteiger partial charge in [-0.15, -0.1) is 0 Å². The van der Waals surface area contributed by atoms with Crippen LogP contribution < -0.4 is 5.32 Å². The smallest absolute Gasteiger partial charge is 0.254 e. The van der Waals surface area contributed by atoms with Gasteiger partial charge < -0.3 is 10.2 Å². The van der Waals surface area contributed by atoms with Crippen LogP contribution in [0.3, 0.4) is 0 Å². The summed E-state index contributed by atoms with van der Waals surface area (Å²) in [5, 5.41) is 3.23. The fraction of sp³-hybridized carbons (Fsp3) is 0.500. The molecule has 2 fully saturated rings. The minimum absolute atomic E-state index is 0.0624. The molecule has 3 rings (SSSR count). The van der Waals surface area contributed by atoms with Gasteiger partial charge in [0, 0.05) is 31.2 Å². The Bertz CT molecular complexity index is 526. The standard InChI is InChI=1S/C14H15F3N2O/c15-10-4-9(5-11(16)13(10)17)14(20)19-3-1-2-8-6-18-7-12(8)19/h4-5,8,12,18H,1-3,6-7H2. The molecule has 20 heavy (non-hydrogen) atoms. The number of benzene rings is 1. The van der Waals surface area contributed by atoms with E-state index in [2.05, 4.69) is 5.32 Å². The van der Waals surface area contributed by atoms with E-state index in [0.717, 1.165) is 31.5 Å². The van der Waals surface area contributed by atoms with Gasteiger partial charge >= 0.3 is 0 Å². The summed E-state index contributed by atoms with van der Waals surface area (Å²) in [7, 11) is 0. The largest absolute Gasteiger partial charge is 0.334 e. The highest BCUT2D eigenvalue weighted by molar-refractivity contribution is 5.94. The van der Waals surface area contributed by atoms with E-state index in [0.29, 0.717) is 19.0 Å². The Labute approximate surface area is 114 Å². The van der Waals surface area contributed by atoms with E-state index in [1.807, 2.05) is 0 Å². The number of halogens is 3. The van der Waals surface area contributed by atoms with Gasteiger partial charge in [-0.05, 0) is 30.9 Å². The predicted octanol–water partition coefficient (Wildman–Crippen LogP) is 1.93. The second kappa shape index (κ2) is 5.09. The molecule has 2 saturated heterocycles. The molecule has 0 aliphatic carbocycles. The summed E-state index contributed by atoms with van der Waals surface area (Å²) in [6.45, 7) is 2.13. The Kier molecular flexibility index (Phi) is 3.41. The van der Waals surface area contributed by atoms with Gasteiger partial charge in [-0.25, -0.2) is 13.2 Å². The van der Waals surface area contributed by atoms with Crippen LogP contribution >= 0.6 is 0 Å². The number of nitrogens with zero attached hydrogens (tertiary/aromatic N) is 1. The van der Waals surface area contributed by atoms with Crippen molar-refractivity contribution in [1.82, 2.24) is 10.2 Å². The molecule has 108 valence electrons. The molecule has 0 spiro atoms. The van der Waals surface area contributed by atoms with E-state index >= 15 is 0 Å². The zero-order valence-electron chi connectivity index (χ0n) is 10.8. The summed E-state index contributed by atoms with van der Waals surface area (Å²) in [6, 6.07) is 1.60. The second-order valence-electron chi connectivity index (χ2n) is 5.38. The molecule has 1 aromatic rings. The molecule has 2 heterocycles. The van der Waals surface area contributed by atoms with Crippen LogP contribution in [0, 0.1) is 23.4 Å². The molecule has 2 atom stereocenters. The van der Waals surface area contributed by atoms with Crippen LogP contribution in [0.5, 0.6) is 0 Å². The zero-order chi connectivity index (χ0) is 14.3. The fourth-order valence-corrected chi connectivity index (χ4v) is 3.17. The minimum atomic E-state index is -1.54. The molecule has 2 unspecified atom stereocenters. The van der Waals surface area contributed by atoms with Gasteiger partial charge in [0.2, 0.25) is 0 Å². The number of nitrogens with one attached hydrogen (secondary N) is 1. The van der Waals surface area contributed by atoms with Gasteiger partial charge in [0.05, 0.1) is 0 Å². The summed E-state index contributed by atoms with van der Waals surface area (Å²) < 4.78 is 39.4. The van der Waals surface area contributed by atoms with Gasteiger partial charge in [0.25, 0.3) is 5.91 Å². The van der Waals surface area contributed by atoms with Crippen molar-refractivity contribution >= 4 is 5.91 Å². The first-order valence-corrected chi connectivity index (χ1v) is 6.74. The highest BCUT2D eigenvalue weighted by Crippen LogP contribution is 2.28. The third-order valence-electron chi connectivity index (χ3n) is 4.17.